The summed E-state index contributed by atoms with van der Waals surface area (Å²) in [6.45, 7) is 8.38. The number of ketones is 1. The van der Waals surface area contributed by atoms with Gasteiger partial charge in [0.15, 0.2) is 5.78 Å². The highest BCUT2D eigenvalue weighted by Crippen LogP contribution is 2.31. The molecule has 1 aliphatic rings. The summed E-state index contributed by atoms with van der Waals surface area (Å²) >= 11 is 0. The van der Waals surface area contributed by atoms with Crippen molar-refractivity contribution in [2.45, 2.75) is 34.1 Å². The molecule has 0 bridgehead atoms. The Morgan fingerprint density at radius 1 is 1.27 bits per heavy atom. The Kier molecular flexibility index (Phi) is 2.17. The molecule has 0 amide bonds. The van der Waals surface area contributed by atoms with Gasteiger partial charge in [0.1, 0.15) is 0 Å². The predicted octanol–water partition coefficient (Wildman–Crippen LogP) is 2.57. The second-order valence-corrected chi connectivity index (χ2v) is 3.70. The van der Waals surface area contributed by atoms with Crippen molar-refractivity contribution in [1.82, 2.24) is 0 Å². The molecule has 1 rings (SSSR count). The molecular weight excluding hydrogens is 136 g/mol. The Morgan fingerprint density at radius 3 is 2.36 bits per heavy atom. The summed E-state index contributed by atoms with van der Waals surface area (Å²) in [7, 11) is 0. The van der Waals surface area contributed by atoms with E-state index in [1.165, 1.54) is 5.57 Å². The summed E-state index contributed by atoms with van der Waals surface area (Å²) in [5.41, 5.74) is 2.28. The Morgan fingerprint density at radius 2 is 1.82 bits per heavy atom. The second kappa shape index (κ2) is 2.80. The van der Waals surface area contributed by atoms with E-state index < -0.39 is 0 Å². The number of carbonyl (C=O) groups is 1. The zero-order valence-electron chi connectivity index (χ0n) is 7.77. The third kappa shape index (κ3) is 1.37. The molecule has 2 unspecified atom stereocenters. The number of carbonyl (C=O) groups excluding carboxylic acids is 1. The Hall–Kier alpha value is -0.590. The lowest BCUT2D eigenvalue weighted by atomic mass is 9.77. The fourth-order valence-corrected chi connectivity index (χ4v) is 1.61. The maximum absolute atomic E-state index is 11.3. The molecule has 0 N–H and O–H groups in total. The minimum absolute atomic E-state index is 0.341. The number of hydrogen-bond acceptors (Lipinski definition) is 1. The maximum Gasteiger partial charge on any atom is 0.158 e. The highest BCUT2D eigenvalue weighted by Gasteiger charge is 2.25. The molecule has 2 atom stereocenters. The normalized spacial score (nSPS) is 32.9. The summed E-state index contributed by atoms with van der Waals surface area (Å²) in [6, 6.07) is 0. The van der Waals surface area contributed by atoms with Crippen molar-refractivity contribution in [1.29, 1.82) is 0 Å². The molecule has 0 saturated carbocycles. The molecule has 1 aliphatic carbocycles. The first-order valence-corrected chi connectivity index (χ1v) is 4.24. The van der Waals surface area contributed by atoms with E-state index in [4.69, 9.17) is 0 Å². The number of allylic oxidation sites excluding steroid dienone is 2. The van der Waals surface area contributed by atoms with Gasteiger partial charge in [-0.05, 0) is 31.3 Å². The van der Waals surface area contributed by atoms with Crippen LogP contribution in [-0.4, -0.2) is 5.78 Å². The van der Waals surface area contributed by atoms with Crippen LogP contribution in [0.15, 0.2) is 11.1 Å². The molecule has 0 aromatic carbocycles. The maximum atomic E-state index is 11.3. The van der Waals surface area contributed by atoms with Gasteiger partial charge in [0.05, 0.1) is 0 Å². The van der Waals surface area contributed by atoms with E-state index >= 15 is 0 Å². The minimum Gasteiger partial charge on any atom is -0.295 e. The molecule has 0 saturated heterocycles. The third-order valence-corrected chi connectivity index (χ3v) is 3.05. The van der Waals surface area contributed by atoms with Gasteiger partial charge in [0, 0.05) is 6.42 Å². The lowest BCUT2D eigenvalue weighted by Gasteiger charge is -2.27. The van der Waals surface area contributed by atoms with Crippen molar-refractivity contribution in [2.24, 2.45) is 11.8 Å². The van der Waals surface area contributed by atoms with Gasteiger partial charge in [-0.1, -0.05) is 19.4 Å². The fraction of sp³-hybridized carbons (Fsp3) is 0.700. The van der Waals surface area contributed by atoms with E-state index in [9.17, 15) is 4.79 Å². The largest absolute Gasteiger partial charge is 0.295 e. The topological polar surface area (TPSA) is 17.1 Å². The van der Waals surface area contributed by atoms with Crippen molar-refractivity contribution >= 4 is 5.78 Å². The summed E-state index contributed by atoms with van der Waals surface area (Å²) in [5.74, 6) is 1.46. The average molecular weight is 152 g/mol. The lowest BCUT2D eigenvalue weighted by molar-refractivity contribution is -0.117. The number of hydrogen-bond donors (Lipinski definition) is 0. The van der Waals surface area contributed by atoms with Crippen LogP contribution in [0.25, 0.3) is 0 Å². The van der Waals surface area contributed by atoms with E-state index in [1.54, 1.807) is 0 Å². The van der Waals surface area contributed by atoms with Gasteiger partial charge < -0.3 is 0 Å². The molecule has 0 radical (unpaired) electrons. The monoisotopic (exact) mass is 152 g/mol. The Bertz CT molecular complexity index is 213. The summed E-state index contributed by atoms with van der Waals surface area (Å²) < 4.78 is 0. The third-order valence-electron chi connectivity index (χ3n) is 3.05. The molecular formula is C10H16O. The molecule has 0 aromatic rings. The highest BCUT2D eigenvalue weighted by molar-refractivity contribution is 5.96. The van der Waals surface area contributed by atoms with Crippen LogP contribution in [0.3, 0.4) is 0 Å². The van der Waals surface area contributed by atoms with E-state index in [1.807, 2.05) is 6.92 Å². The lowest BCUT2D eigenvalue weighted by Crippen LogP contribution is -2.22. The smallest absolute Gasteiger partial charge is 0.158 e. The van der Waals surface area contributed by atoms with Crippen LogP contribution in [0, 0.1) is 11.8 Å². The first-order valence-electron chi connectivity index (χ1n) is 4.24. The van der Waals surface area contributed by atoms with Crippen molar-refractivity contribution in [3.05, 3.63) is 11.1 Å². The van der Waals surface area contributed by atoms with Gasteiger partial charge >= 0.3 is 0 Å². The van der Waals surface area contributed by atoms with Crippen LogP contribution in [0.4, 0.5) is 0 Å². The second-order valence-electron chi connectivity index (χ2n) is 3.70. The standard InChI is InChI=1S/C10H16O/c1-6-5-10(11)9(4)8(3)7(6)2/h6-7H,5H2,1-4H3. The van der Waals surface area contributed by atoms with Crippen LogP contribution in [0.2, 0.25) is 0 Å². The van der Waals surface area contributed by atoms with Crippen LogP contribution in [-0.2, 0) is 4.79 Å². The van der Waals surface area contributed by atoms with E-state index in [0.29, 0.717) is 17.6 Å². The molecule has 11 heavy (non-hydrogen) atoms. The summed E-state index contributed by atoms with van der Waals surface area (Å²) in [6.07, 6.45) is 0.740. The van der Waals surface area contributed by atoms with Crippen LogP contribution in [0.1, 0.15) is 34.1 Å². The molecule has 0 fully saturated rings. The van der Waals surface area contributed by atoms with Gasteiger partial charge in [-0.2, -0.15) is 0 Å². The van der Waals surface area contributed by atoms with Crippen LogP contribution < -0.4 is 0 Å². The summed E-state index contributed by atoms with van der Waals surface area (Å²) in [5, 5.41) is 0. The molecule has 62 valence electrons. The molecule has 1 nitrogen and oxygen atoms in total. The molecule has 0 aliphatic heterocycles. The van der Waals surface area contributed by atoms with Gasteiger partial charge in [-0.25, -0.2) is 0 Å². The predicted molar refractivity (Wildman–Crippen MR) is 46.3 cm³/mol. The van der Waals surface area contributed by atoms with Crippen molar-refractivity contribution < 1.29 is 4.79 Å². The minimum atomic E-state index is 0.341. The first kappa shape index (κ1) is 8.51. The molecule has 0 heterocycles. The van der Waals surface area contributed by atoms with Gasteiger partial charge in [-0.3, -0.25) is 4.79 Å². The Balaban J connectivity index is 2.98. The van der Waals surface area contributed by atoms with E-state index in [2.05, 4.69) is 20.8 Å². The molecule has 0 spiro atoms. The molecule has 0 aromatic heterocycles. The quantitative estimate of drug-likeness (QED) is 0.521. The fourth-order valence-electron chi connectivity index (χ4n) is 1.61. The summed E-state index contributed by atoms with van der Waals surface area (Å²) in [4.78, 5) is 11.3. The van der Waals surface area contributed by atoms with Crippen molar-refractivity contribution in [2.75, 3.05) is 0 Å². The van der Waals surface area contributed by atoms with Crippen molar-refractivity contribution in [3.63, 3.8) is 0 Å². The first-order chi connectivity index (χ1) is 5.04. The van der Waals surface area contributed by atoms with Crippen LogP contribution >= 0.6 is 0 Å². The zero-order chi connectivity index (χ0) is 8.59. The number of rotatable bonds is 0. The van der Waals surface area contributed by atoms with E-state index in [0.717, 1.165) is 12.0 Å². The average Bonchev–Trinajstić information content (AvgIpc) is 1.97. The number of Topliss-reactive ketones (excluding diaryl/α,β-unsaturated/α-hetero) is 1. The van der Waals surface area contributed by atoms with Crippen LogP contribution in [0.5, 0.6) is 0 Å². The van der Waals surface area contributed by atoms with Gasteiger partial charge in [-0.15, -0.1) is 0 Å². The SMILES string of the molecule is CC1=C(C)C(C)C(C)CC1=O. The highest BCUT2D eigenvalue weighted by atomic mass is 16.1. The Labute approximate surface area is 68.5 Å². The van der Waals surface area contributed by atoms with Gasteiger partial charge in [0.25, 0.3) is 0 Å². The van der Waals surface area contributed by atoms with E-state index in [-0.39, 0.29) is 0 Å². The molecule has 1 heteroatoms. The van der Waals surface area contributed by atoms with Crippen molar-refractivity contribution in [3.8, 4) is 0 Å². The van der Waals surface area contributed by atoms with Gasteiger partial charge in [0.2, 0.25) is 0 Å². The zero-order valence-corrected chi connectivity index (χ0v) is 7.77.